The monoisotopic (exact) mass is 296 g/mol. The van der Waals surface area contributed by atoms with Gasteiger partial charge in [0.05, 0.1) is 0 Å². The minimum absolute atomic E-state index is 0. The summed E-state index contributed by atoms with van der Waals surface area (Å²) in [4.78, 5) is 4.18. The molecule has 0 atom stereocenters. The molecule has 2 N–H and O–H groups in total. The number of aromatic nitrogens is 1. The predicted molar refractivity (Wildman–Crippen MR) is 72.1 cm³/mol. The number of nitrogen functional groups attached to an aromatic ring is 1. The first kappa shape index (κ1) is 11.2. The van der Waals surface area contributed by atoms with E-state index in [1.165, 1.54) is 11.3 Å². The smallest absolute Gasteiger partial charge is 0.180 e. The van der Waals surface area contributed by atoms with Crippen LogP contribution in [0.1, 0.15) is 0 Å². The highest BCUT2D eigenvalue weighted by Gasteiger charge is 2.08. The number of furan rings is 1. The largest absolute Gasteiger partial charge is 0.454 e. The summed E-state index contributed by atoms with van der Waals surface area (Å²) < 4.78 is 5.66. The third kappa shape index (κ3) is 1.83. The molecule has 0 aliphatic carbocycles. The fourth-order valence-corrected chi connectivity index (χ4v) is 2.06. The molecule has 0 unspecified atom stereocenters. The number of hydrogen-bond acceptors (Lipinski definition) is 4. The highest BCUT2D eigenvalue weighted by atomic mass is 79.9. The Morgan fingerprint density at radius 1 is 1.25 bits per heavy atom. The summed E-state index contributed by atoms with van der Waals surface area (Å²) in [7, 11) is 0. The van der Waals surface area contributed by atoms with E-state index < -0.39 is 0 Å². The lowest BCUT2D eigenvalue weighted by atomic mass is 10.2. The summed E-state index contributed by atoms with van der Waals surface area (Å²) in [5.74, 6) is 0.768. The molecule has 82 valence electrons. The van der Waals surface area contributed by atoms with E-state index in [0.717, 1.165) is 22.4 Å². The van der Waals surface area contributed by atoms with Crippen molar-refractivity contribution in [2.75, 3.05) is 5.73 Å². The van der Waals surface area contributed by atoms with Crippen molar-refractivity contribution in [2.24, 2.45) is 0 Å². The molecule has 0 radical (unpaired) electrons. The number of rotatable bonds is 1. The highest BCUT2D eigenvalue weighted by Crippen LogP contribution is 2.28. The van der Waals surface area contributed by atoms with Gasteiger partial charge in [0.2, 0.25) is 0 Å². The first-order valence-electron chi connectivity index (χ1n) is 4.53. The molecule has 0 aliphatic heterocycles. The first-order chi connectivity index (χ1) is 7.33. The summed E-state index contributed by atoms with van der Waals surface area (Å²) >= 11 is 1.42. The SMILES string of the molecule is Br.Nc1nc(-c2cc3ccccc3o2)cs1. The Morgan fingerprint density at radius 3 is 2.75 bits per heavy atom. The van der Waals surface area contributed by atoms with E-state index in [2.05, 4.69) is 4.98 Å². The van der Waals surface area contributed by atoms with Crippen LogP contribution in [0.5, 0.6) is 0 Å². The van der Waals surface area contributed by atoms with E-state index in [4.69, 9.17) is 10.2 Å². The zero-order chi connectivity index (χ0) is 10.3. The van der Waals surface area contributed by atoms with Gasteiger partial charge in [-0.25, -0.2) is 4.98 Å². The number of thiazole rings is 1. The molecule has 1 aromatic carbocycles. The van der Waals surface area contributed by atoms with Crippen molar-refractivity contribution in [3.8, 4) is 11.5 Å². The number of nitrogens with two attached hydrogens (primary N) is 1. The molecule has 3 aromatic rings. The van der Waals surface area contributed by atoms with Crippen molar-refractivity contribution < 1.29 is 4.42 Å². The molecule has 0 saturated heterocycles. The number of anilines is 1. The van der Waals surface area contributed by atoms with Crippen molar-refractivity contribution in [1.82, 2.24) is 4.98 Å². The maximum absolute atomic E-state index is 5.66. The Hall–Kier alpha value is -1.33. The number of halogens is 1. The van der Waals surface area contributed by atoms with Crippen LogP contribution in [0.3, 0.4) is 0 Å². The second kappa shape index (κ2) is 4.27. The van der Waals surface area contributed by atoms with E-state index in [1.807, 2.05) is 35.7 Å². The molecule has 3 rings (SSSR count). The Labute approximate surface area is 107 Å². The molecule has 5 heteroatoms. The van der Waals surface area contributed by atoms with Gasteiger partial charge >= 0.3 is 0 Å². The van der Waals surface area contributed by atoms with E-state index in [0.29, 0.717) is 5.13 Å². The lowest BCUT2D eigenvalue weighted by molar-refractivity contribution is 0.629. The van der Waals surface area contributed by atoms with Gasteiger partial charge in [0, 0.05) is 10.8 Å². The van der Waals surface area contributed by atoms with Gasteiger partial charge < -0.3 is 10.2 Å². The van der Waals surface area contributed by atoms with E-state index in [9.17, 15) is 0 Å². The first-order valence-corrected chi connectivity index (χ1v) is 5.41. The maximum atomic E-state index is 5.66. The number of para-hydroxylation sites is 1. The van der Waals surface area contributed by atoms with Crippen LogP contribution in [-0.2, 0) is 0 Å². The third-order valence-corrected chi connectivity index (χ3v) is 2.87. The van der Waals surface area contributed by atoms with E-state index in [-0.39, 0.29) is 17.0 Å². The summed E-state index contributed by atoms with van der Waals surface area (Å²) in [6.07, 6.45) is 0. The number of fused-ring (bicyclic) bond motifs is 1. The zero-order valence-electron chi connectivity index (χ0n) is 8.21. The maximum Gasteiger partial charge on any atom is 0.180 e. The Morgan fingerprint density at radius 2 is 2.06 bits per heavy atom. The standard InChI is InChI=1S/C11H8N2OS.BrH/c12-11-13-8(6-15-11)10-5-7-3-1-2-4-9(7)14-10;/h1-6H,(H2,12,13);1H. The number of benzene rings is 1. The molecule has 0 saturated carbocycles. The highest BCUT2D eigenvalue weighted by molar-refractivity contribution is 8.93. The van der Waals surface area contributed by atoms with Gasteiger partial charge in [0.15, 0.2) is 10.9 Å². The summed E-state index contributed by atoms with van der Waals surface area (Å²) in [5.41, 5.74) is 7.25. The zero-order valence-corrected chi connectivity index (χ0v) is 10.7. The average Bonchev–Trinajstić information content (AvgIpc) is 2.82. The lowest BCUT2D eigenvalue weighted by Crippen LogP contribution is -1.81. The molecule has 2 heterocycles. The van der Waals surface area contributed by atoms with Gasteiger partial charge in [0.1, 0.15) is 11.3 Å². The molecule has 3 nitrogen and oxygen atoms in total. The third-order valence-electron chi connectivity index (χ3n) is 2.20. The summed E-state index contributed by atoms with van der Waals surface area (Å²) in [6, 6.07) is 9.86. The van der Waals surface area contributed by atoms with Crippen molar-refractivity contribution >= 4 is 44.4 Å². The van der Waals surface area contributed by atoms with Crippen LogP contribution in [0.25, 0.3) is 22.4 Å². The minimum Gasteiger partial charge on any atom is -0.454 e. The second-order valence-electron chi connectivity index (χ2n) is 3.22. The predicted octanol–water partition coefficient (Wildman–Crippen LogP) is 3.72. The summed E-state index contributed by atoms with van der Waals surface area (Å²) in [6.45, 7) is 0. The molecule has 16 heavy (non-hydrogen) atoms. The molecule has 0 bridgehead atoms. The van der Waals surface area contributed by atoms with Crippen LogP contribution < -0.4 is 5.73 Å². The number of hydrogen-bond donors (Lipinski definition) is 1. The second-order valence-corrected chi connectivity index (χ2v) is 4.11. The van der Waals surface area contributed by atoms with Crippen molar-refractivity contribution in [1.29, 1.82) is 0 Å². The van der Waals surface area contributed by atoms with Crippen LogP contribution in [-0.4, -0.2) is 4.98 Å². The Bertz CT molecular complexity index is 584. The Balaban J connectivity index is 0.000000963. The quantitative estimate of drug-likeness (QED) is 0.745. The molecule has 0 spiro atoms. The van der Waals surface area contributed by atoms with Crippen LogP contribution >= 0.6 is 28.3 Å². The molecule has 2 aromatic heterocycles. The van der Waals surface area contributed by atoms with Crippen LogP contribution in [0, 0.1) is 0 Å². The Kier molecular flexibility index (Phi) is 2.98. The molecule has 0 fully saturated rings. The van der Waals surface area contributed by atoms with E-state index >= 15 is 0 Å². The summed E-state index contributed by atoms with van der Waals surface area (Å²) in [5, 5.41) is 3.54. The van der Waals surface area contributed by atoms with Crippen LogP contribution in [0.4, 0.5) is 5.13 Å². The minimum atomic E-state index is 0. The van der Waals surface area contributed by atoms with Crippen LogP contribution in [0.15, 0.2) is 40.1 Å². The van der Waals surface area contributed by atoms with Crippen molar-refractivity contribution in [2.45, 2.75) is 0 Å². The molecule has 0 aliphatic rings. The fraction of sp³-hybridized carbons (Fsp3) is 0. The van der Waals surface area contributed by atoms with Crippen molar-refractivity contribution in [3.05, 3.63) is 35.7 Å². The normalized spacial score (nSPS) is 10.2. The van der Waals surface area contributed by atoms with Gasteiger partial charge in [-0.1, -0.05) is 18.2 Å². The number of nitrogens with zero attached hydrogens (tertiary/aromatic N) is 1. The lowest BCUT2D eigenvalue weighted by Gasteiger charge is -1.86. The molecule has 0 amide bonds. The van der Waals surface area contributed by atoms with Gasteiger partial charge in [-0.05, 0) is 12.1 Å². The van der Waals surface area contributed by atoms with Gasteiger partial charge in [-0.2, -0.15) is 0 Å². The topological polar surface area (TPSA) is 52.0 Å². The van der Waals surface area contributed by atoms with Gasteiger partial charge in [-0.3, -0.25) is 0 Å². The average molecular weight is 297 g/mol. The van der Waals surface area contributed by atoms with E-state index in [1.54, 1.807) is 0 Å². The van der Waals surface area contributed by atoms with Crippen LogP contribution in [0.2, 0.25) is 0 Å². The molecular weight excluding hydrogens is 288 g/mol. The van der Waals surface area contributed by atoms with Crippen molar-refractivity contribution in [3.63, 3.8) is 0 Å². The fourth-order valence-electron chi connectivity index (χ4n) is 1.51. The van der Waals surface area contributed by atoms with Gasteiger partial charge in [0.25, 0.3) is 0 Å². The van der Waals surface area contributed by atoms with Gasteiger partial charge in [-0.15, -0.1) is 28.3 Å². The molecular formula is C11H9BrN2OS.